The van der Waals surface area contributed by atoms with Crippen molar-refractivity contribution < 1.29 is 22.8 Å². The van der Waals surface area contributed by atoms with E-state index in [-0.39, 0.29) is 12.2 Å². The number of anilines is 2. The highest BCUT2D eigenvalue weighted by Gasteiger charge is 2.38. The Labute approximate surface area is 135 Å². The first-order valence-corrected chi connectivity index (χ1v) is 6.87. The molecule has 0 heterocycles. The summed E-state index contributed by atoms with van der Waals surface area (Å²) in [5.41, 5.74) is 6.73. The van der Waals surface area contributed by atoms with E-state index in [0.29, 0.717) is 16.8 Å². The van der Waals surface area contributed by atoms with Gasteiger partial charge in [-0.25, -0.2) is 0 Å². The smallest absolute Gasteiger partial charge is 0.399 e. The summed E-state index contributed by atoms with van der Waals surface area (Å²) in [6, 6.07) is 12.1. The predicted octanol–water partition coefficient (Wildman–Crippen LogP) is 2.70. The maximum Gasteiger partial charge on any atom is 0.471 e. The third-order valence-electron chi connectivity index (χ3n) is 3.14. The van der Waals surface area contributed by atoms with Gasteiger partial charge in [0.25, 0.3) is 5.91 Å². The van der Waals surface area contributed by atoms with E-state index in [1.54, 1.807) is 23.5 Å². The molecule has 0 saturated heterocycles. The average molecular weight is 337 g/mol. The largest absolute Gasteiger partial charge is 0.471 e. The first-order chi connectivity index (χ1) is 11.3. The van der Waals surface area contributed by atoms with Gasteiger partial charge in [-0.05, 0) is 35.9 Å². The van der Waals surface area contributed by atoms with E-state index >= 15 is 0 Å². The number of nitrogens with two attached hydrogens (primary N) is 1. The van der Waals surface area contributed by atoms with Gasteiger partial charge in [0.2, 0.25) is 0 Å². The van der Waals surface area contributed by atoms with E-state index in [9.17, 15) is 22.8 Å². The Morgan fingerprint density at radius 1 is 1.00 bits per heavy atom. The van der Waals surface area contributed by atoms with Crippen LogP contribution < -0.4 is 16.4 Å². The van der Waals surface area contributed by atoms with E-state index in [0.717, 1.165) is 0 Å². The van der Waals surface area contributed by atoms with Crippen LogP contribution in [0.15, 0.2) is 48.5 Å². The Morgan fingerprint density at radius 3 is 2.25 bits per heavy atom. The highest BCUT2D eigenvalue weighted by molar-refractivity contribution is 5.96. The van der Waals surface area contributed by atoms with Crippen LogP contribution in [-0.2, 0) is 11.3 Å². The Bertz CT molecular complexity index is 743. The summed E-state index contributed by atoms with van der Waals surface area (Å²) in [6.45, 7) is -0.0441. The molecule has 2 rings (SSSR count). The first kappa shape index (κ1) is 17.3. The van der Waals surface area contributed by atoms with Crippen LogP contribution in [0.3, 0.4) is 0 Å². The summed E-state index contributed by atoms with van der Waals surface area (Å²) < 4.78 is 37.0. The molecule has 0 bridgehead atoms. The van der Waals surface area contributed by atoms with Gasteiger partial charge in [0.1, 0.15) is 0 Å². The molecule has 0 aliphatic carbocycles. The van der Waals surface area contributed by atoms with Gasteiger partial charge in [-0.15, -0.1) is 0 Å². The van der Waals surface area contributed by atoms with Crippen molar-refractivity contribution in [2.75, 3.05) is 11.1 Å². The maximum absolute atomic E-state index is 12.3. The van der Waals surface area contributed by atoms with Crippen molar-refractivity contribution in [3.05, 3.63) is 59.7 Å². The number of hydrogen-bond donors (Lipinski definition) is 3. The highest BCUT2D eigenvalue weighted by atomic mass is 19.4. The fraction of sp³-hybridized carbons (Fsp3) is 0.125. The maximum atomic E-state index is 12.3. The number of halogens is 3. The molecule has 5 nitrogen and oxygen atoms in total. The molecule has 0 fully saturated rings. The quantitative estimate of drug-likeness (QED) is 0.750. The Hall–Kier alpha value is -3.03. The summed E-state index contributed by atoms with van der Waals surface area (Å²) >= 11 is 0. The van der Waals surface area contributed by atoms with E-state index in [1.807, 2.05) is 0 Å². The second-order valence-corrected chi connectivity index (χ2v) is 4.91. The van der Waals surface area contributed by atoms with E-state index in [1.165, 1.54) is 30.3 Å². The van der Waals surface area contributed by atoms with Crippen molar-refractivity contribution >= 4 is 23.2 Å². The van der Waals surface area contributed by atoms with E-state index < -0.39 is 18.0 Å². The number of carbonyl (C=O) groups excluding carboxylic acids is 2. The van der Waals surface area contributed by atoms with Gasteiger partial charge in [-0.3, -0.25) is 9.59 Å². The molecule has 0 atom stereocenters. The zero-order valence-electron chi connectivity index (χ0n) is 12.4. The molecule has 0 spiro atoms. The molecular formula is C16H14F3N3O2. The number of nitrogen functional groups attached to an aromatic ring is 1. The van der Waals surface area contributed by atoms with E-state index in [4.69, 9.17) is 5.73 Å². The minimum Gasteiger partial charge on any atom is -0.399 e. The second-order valence-electron chi connectivity index (χ2n) is 4.91. The van der Waals surface area contributed by atoms with Crippen LogP contribution in [0.25, 0.3) is 0 Å². The molecule has 126 valence electrons. The van der Waals surface area contributed by atoms with Crippen LogP contribution in [0.1, 0.15) is 15.9 Å². The number of amides is 2. The number of para-hydroxylation sites is 1. The van der Waals surface area contributed by atoms with Crippen LogP contribution in [0.4, 0.5) is 24.5 Å². The molecule has 0 aromatic heterocycles. The van der Waals surface area contributed by atoms with Gasteiger partial charge in [0.15, 0.2) is 0 Å². The molecule has 0 aliphatic heterocycles. The molecule has 2 aromatic rings. The van der Waals surface area contributed by atoms with E-state index in [2.05, 4.69) is 5.32 Å². The van der Waals surface area contributed by atoms with Crippen LogP contribution in [-0.4, -0.2) is 18.0 Å². The molecule has 0 unspecified atom stereocenters. The molecule has 0 aliphatic rings. The van der Waals surface area contributed by atoms with Crippen molar-refractivity contribution in [3.63, 3.8) is 0 Å². The molecule has 2 aromatic carbocycles. The molecule has 0 radical (unpaired) electrons. The molecule has 8 heteroatoms. The standard InChI is InChI=1S/C16H14F3N3O2/c17-16(18,19)15(24)22-13-4-2-1-3-11(13)9-21-14(23)10-5-7-12(20)8-6-10/h1-8H,9,20H2,(H,21,23)(H,22,24). The van der Waals surface area contributed by atoms with Gasteiger partial charge in [0.05, 0.1) is 0 Å². The Balaban J connectivity index is 2.06. The van der Waals surface area contributed by atoms with Crippen LogP contribution in [0.5, 0.6) is 0 Å². The lowest BCUT2D eigenvalue weighted by atomic mass is 10.1. The lowest BCUT2D eigenvalue weighted by Gasteiger charge is -2.13. The summed E-state index contributed by atoms with van der Waals surface area (Å²) in [6.07, 6.45) is -4.99. The number of rotatable bonds is 4. The van der Waals surface area contributed by atoms with Gasteiger partial charge in [0, 0.05) is 23.5 Å². The van der Waals surface area contributed by atoms with Crippen LogP contribution >= 0.6 is 0 Å². The van der Waals surface area contributed by atoms with Crippen molar-refractivity contribution in [1.82, 2.24) is 5.32 Å². The number of hydrogen-bond acceptors (Lipinski definition) is 3. The van der Waals surface area contributed by atoms with Gasteiger partial charge >= 0.3 is 12.1 Å². The fourth-order valence-electron chi connectivity index (χ4n) is 1.90. The van der Waals surface area contributed by atoms with Crippen molar-refractivity contribution in [2.24, 2.45) is 0 Å². The van der Waals surface area contributed by atoms with Crippen molar-refractivity contribution in [2.45, 2.75) is 12.7 Å². The third kappa shape index (κ3) is 4.48. The normalized spacial score (nSPS) is 11.0. The monoisotopic (exact) mass is 337 g/mol. The number of benzene rings is 2. The molecular weight excluding hydrogens is 323 g/mol. The second kappa shape index (κ2) is 7.03. The van der Waals surface area contributed by atoms with Gasteiger partial charge in [-0.2, -0.15) is 13.2 Å². The minimum atomic E-state index is -4.99. The number of nitrogens with one attached hydrogen (secondary N) is 2. The van der Waals surface area contributed by atoms with Crippen molar-refractivity contribution in [1.29, 1.82) is 0 Å². The first-order valence-electron chi connectivity index (χ1n) is 6.87. The minimum absolute atomic E-state index is 0.0163. The molecule has 2 amide bonds. The molecule has 4 N–H and O–H groups in total. The predicted molar refractivity (Wildman–Crippen MR) is 83.2 cm³/mol. The van der Waals surface area contributed by atoms with Crippen LogP contribution in [0, 0.1) is 0 Å². The summed E-state index contributed by atoms with van der Waals surface area (Å²) in [5.74, 6) is -2.48. The zero-order valence-corrected chi connectivity index (χ0v) is 12.4. The van der Waals surface area contributed by atoms with Crippen LogP contribution in [0.2, 0.25) is 0 Å². The topological polar surface area (TPSA) is 84.2 Å². The molecule has 24 heavy (non-hydrogen) atoms. The van der Waals surface area contributed by atoms with Gasteiger partial charge in [-0.1, -0.05) is 18.2 Å². The summed E-state index contributed by atoms with van der Waals surface area (Å²) in [5, 5.41) is 4.36. The van der Waals surface area contributed by atoms with Gasteiger partial charge < -0.3 is 16.4 Å². The lowest BCUT2D eigenvalue weighted by Crippen LogP contribution is -2.31. The zero-order chi connectivity index (χ0) is 17.7. The average Bonchev–Trinajstić information content (AvgIpc) is 2.53. The lowest BCUT2D eigenvalue weighted by molar-refractivity contribution is -0.167. The number of carbonyl (C=O) groups is 2. The fourth-order valence-corrected chi connectivity index (χ4v) is 1.90. The Kier molecular flexibility index (Phi) is 5.08. The third-order valence-corrected chi connectivity index (χ3v) is 3.14. The summed E-state index contributed by atoms with van der Waals surface area (Å²) in [7, 11) is 0. The Morgan fingerprint density at radius 2 is 1.62 bits per heavy atom. The summed E-state index contributed by atoms with van der Waals surface area (Å²) in [4.78, 5) is 23.0. The number of alkyl halides is 3. The highest BCUT2D eigenvalue weighted by Crippen LogP contribution is 2.21. The van der Waals surface area contributed by atoms with Crippen molar-refractivity contribution in [3.8, 4) is 0 Å². The molecule has 0 saturated carbocycles. The SMILES string of the molecule is Nc1ccc(C(=O)NCc2ccccc2NC(=O)C(F)(F)F)cc1.